The largest absolute Gasteiger partial charge is 0.299 e. The van der Waals surface area contributed by atoms with Gasteiger partial charge in [-0.3, -0.25) is 9.35 Å². The van der Waals surface area contributed by atoms with Crippen molar-refractivity contribution in [3.8, 4) is 0 Å². The Hall–Kier alpha value is -1.20. The highest BCUT2D eigenvalue weighted by Crippen LogP contribution is 2.52. The zero-order valence-electron chi connectivity index (χ0n) is 11.1. The Balaban J connectivity index is 1.99. The molecule has 1 aromatic carbocycles. The minimum atomic E-state index is -4.06. The molecule has 1 N–H and O–H groups in total. The van der Waals surface area contributed by atoms with E-state index in [1.165, 1.54) is 0 Å². The molecule has 0 aromatic heterocycles. The summed E-state index contributed by atoms with van der Waals surface area (Å²) in [5.74, 6) is -0.364. The van der Waals surface area contributed by atoms with Crippen molar-refractivity contribution in [3.63, 3.8) is 0 Å². The van der Waals surface area contributed by atoms with Gasteiger partial charge in [-0.2, -0.15) is 8.42 Å². The Kier molecular flexibility index (Phi) is 3.42. The molecule has 3 aliphatic carbocycles. The first-order valence-electron chi connectivity index (χ1n) is 6.98. The summed E-state index contributed by atoms with van der Waals surface area (Å²) in [7, 11) is -4.06. The van der Waals surface area contributed by atoms with Crippen LogP contribution in [-0.4, -0.2) is 24.5 Å². The van der Waals surface area contributed by atoms with Crippen molar-refractivity contribution in [3.05, 3.63) is 35.9 Å². The maximum Gasteiger partial charge on any atom is 0.265 e. The van der Waals surface area contributed by atoms with Crippen LogP contribution in [0.1, 0.15) is 30.7 Å². The number of carbonyl (C=O) groups excluding carboxylic acids is 1. The summed E-state index contributed by atoms with van der Waals surface area (Å²) in [5, 5.41) is 0. The standard InChI is InChI=1S/C15H18O4S/c16-14-8-11-6-7-12(14)13(9-20(17,18)19)15(11)10-4-2-1-3-5-10/h1-5,11-13,15H,6-9H2,(H,17,18,19)/t11-,12-,13-,15+/m0/s1. The normalized spacial score (nSPS) is 33.4. The van der Waals surface area contributed by atoms with E-state index in [-0.39, 0.29) is 35.2 Å². The van der Waals surface area contributed by atoms with E-state index in [1.807, 2.05) is 30.3 Å². The van der Waals surface area contributed by atoms with Crippen LogP contribution in [0.5, 0.6) is 0 Å². The van der Waals surface area contributed by atoms with Crippen LogP contribution >= 0.6 is 0 Å². The second kappa shape index (κ2) is 4.97. The number of hydrogen-bond acceptors (Lipinski definition) is 3. The molecule has 20 heavy (non-hydrogen) atoms. The summed E-state index contributed by atoms with van der Waals surface area (Å²) in [6, 6.07) is 9.78. The number of benzene rings is 1. The number of fused-ring (bicyclic) bond motifs is 3. The van der Waals surface area contributed by atoms with E-state index in [0.717, 1.165) is 18.4 Å². The second-order valence-electron chi connectivity index (χ2n) is 5.96. The molecule has 1 aromatic rings. The van der Waals surface area contributed by atoms with E-state index in [0.29, 0.717) is 6.42 Å². The van der Waals surface area contributed by atoms with Crippen LogP contribution in [0.4, 0.5) is 0 Å². The van der Waals surface area contributed by atoms with E-state index < -0.39 is 10.1 Å². The Morgan fingerprint density at radius 3 is 2.45 bits per heavy atom. The SMILES string of the molecule is O=C1C[C@@H]2CC[C@H]1[C@H](CS(=O)(=O)O)[C@@H]2c1ccccc1. The van der Waals surface area contributed by atoms with Gasteiger partial charge in [0.1, 0.15) is 5.78 Å². The molecule has 0 spiro atoms. The van der Waals surface area contributed by atoms with Gasteiger partial charge < -0.3 is 0 Å². The predicted molar refractivity (Wildman–Crippen MR) is 74.9 cm³/mol. The number of hydrogen-bond donors (Lipinski definition) is 1. The van der Waals surface area contributed by atoms with Crippen LogP contribution in [0.15, 0.2) is 30.3 Å². The minimum absolute atomic E-state index is 0.0644. The van der Waals surface area contributed by atoms with E-state index in [9.17, 15) is 17.8 Å². The predicted octanol–water partition coefficient (Wildman–Crippen LogP) is 2.27. The lowest BCUT2D eigenvalue weighted by Gasteiger charge is -2.47. The van der Waals surface area contributed by atoms with Gasteiger partial charge in [-0.25, -0.2) is 0 Å². The van der Waals surface area contributed by atoms with Gasteiger partial charge in [0, 0.05) is 12.3 Å². The summed E-state index contributed by atoms with van der Waals surface area (Å²) in [4.78, 5) is 12.1. The van der Waals surface area contributed by atoms with Crippen molar-refractivity contribution < 1.29 is 17.8 Å². The zero-order chi connectivity index (χ0) is 14.3. The number of rotatable bonds is 3. The smallest absolute Gasteiger partial charge is 0.265 e. The average Bonchev–Trinajstić information content (AvgIpc) is 2.38. The van der Waals surface area contributed by atoms with Crippen molar-refractivity contribution >= 4 is 15.9 Å². The third kappa shape index (κ3) is 2.52. The average molecular weight is 294 g/mol. The highest BCUT2D eigenvalue weighted by Gasteiger charge is 2.49. The Labute approximate surface area is 118 Å². The van der Waals surface area contributed by atoms with Crippen LogP contribution in [0.2, 0.25) is 0 Å². The molecule has 3 fully saturated rings. The summed E-state index contributed by atoms with van der Waals surface area (Å²) in [6.07, 6.45) is 2.27. The Bertz CT molecular complexity index is 608. The lowest BCUT2D eigenvalue weighted by Crippen LogP contribution is -2.46. The molecule has 3 saturated carbocycles. The summed E-state index contributed by atoms with van der Waals surface area (Å²) in [6.45, 7) is 0. The van der Waals surface area contributed by atoms with E-state index in [1.54, 1.807) is 0 Å². The molecule has 5 heteroatoms. The van der Waals surface area contributed by atoms with Gasteiger partial charge in [0.05, 0.1) is 5.75 Å². The van der Waals surface area contributed by atoms with Crippen LogP contribution in [0.3, 0.4) is 0 Å². The molecule has 0 aliphatic heterocycles. The van der Waals surface area contributed by atoms with Crippen LogP contribution in [0, 0.1) is 17.8 Å². The molecule has 4 rings (SSSR count). The minimum Gasteiger partial charge on any atom is -0.299 e. The molecule has 4 atom stereocenters. The van der Waals surface area contributed by atoms with Crippen molar-refractivity contribution in [2.75, 3.05) is 5.75 Å². The first-order chi connectivity index (χ1) is 9.46. The fourth-order valence-corrected chi connectivity index (χ4v) is 5.01. The molecule has 3 aliphatic rings. The number of carbonyl (C=O) groups is 1. The lowest BCUT2D eigenvalue weighted by molar-refractivity contribution is -0.133. The first-order valence-corrected chi connectivity index (χ1v) is 8.59. The highest BCUT2D eigenvalue weighted by molar-refractivity contribution is 7.85. The first kappa shape index (κ1) is 13.8. The molecule has 0 amide bonds. The third-order valence-electron chi connectivity index (χ3n) is 4.80. The van der Waals surface area contributed by atoms with Gasteiger partial charge in [-0.05, 0) is 36.2 Å². The van der Waals surface area contributed by atoms with Gasteiger partial charge in [0.15, 0.2) is 0 Å². The molecular formula is C15H18O4S. The number of ketones is 1. The summed E-state index contributed by atoms with van der Waals surface area (Å²) >= 11 is 0. The molecule has 0 saturated heterocycles. The van der Waals surface area contributed by atoms with Crippen molar-refractivity contribution in [2.24, 2.45) is 17.8 Å². The Morgan fingerprint density at radius 1 is 1.15 bits per heavy atom. The van der Waals surface area contributed by atoms with Gasteiger partial charge >= 0.3 is 0 Å². The van der Waals surface area contributed by atoms with Crippen LogP contribution in [-0.2, 0) is 14.9 Å². The highest BCUT2D eigenvalue weighted by atomic mass is 32.2. The maximum absolute atomic E-state index is 12.1. The van der Waals surface area contributed by atoms with E-state index >= 15 is 0 Å². The summed E-state index contributed by atoms with van der Waals surface area (Å²) < 4.78 is 31.8. The van der Waals surface area contributed by atoms with Gasteiger partial charge in [-0.1, -0.05) is 30.3 Å². The van der Waals surface area contributed by atoms with Crippen molar-refractivity contribution in [1.82, 2.24) is 0 Å². The maximum atomic E-state index is 12.1. The van der Waals surface area contributed by atoms with Crippen molar-refractivity contribution in [1.29, 1.82) is 0 Å². The molecule has 0 unspecified atom stereocenters. The fraction of sp³-hybridized carbons (Fsp3) is 0.533. The third-order valence-corrected chi connectivity index (χ3v) is 5.61. The van der Waals surface area contributed by atoms with Crippen molar-refractivity contribution in [2.45, 2.75) is 25.2 Å². The van der Waals surface area contributed by atoms with E-state index in [4.69, 9.17) is 0 Å². The topological polar surface area (TPSA) is 71.4 Å². The van der Waals surface area contributed by atoms with Gasteiger partial charge in [-0.15, -0.1) is 0 Å². The molecule has 2 bridgehead atoms. The molecule has 0 heterocycles. The van der Waals surface area contributed by atoms with Crippen LogP contribution < -0.4 is 0 Å². The zero-order valence-corrected chi connectivity index (χ0v) is 11.9. The van der Waals surface area contributed by atoms with Gasteiger partial charge in [0.25, 0.3) is 10.1 Å². The molecular weight excluding hydrogens is 276 g/mol. The number of Topliss-reactive ketones (excluding diaryl/α,β-unsaturated/α-hetero) is 1. The Morgan fingerprint density at radius 2 is 1.85 bits per heavy atom. The second-order valence-corrected chi connectivity index (χ2v) is 7.46. The fourth-order valence-electron chi connectivity index (χ4n) is 4.08. The molecule has 0 radical (unpaired) electrons. The molecule has 4 nitrogen and oxygen atoms in total. The molecule has 108 valence electrons. The monoisotopic (exact) mass is 294 g/mol. The lowest BCUT2D eigenvalue weighted by atomic mass is 9.57. The van der Waals surface area contributed by atoms with E-state index in [2.05, 4.69) is 0 Å². The van der Waals surface area contributed by atoms with Gasteiger partial charge in [0.2, 0.25) is 0 Å². The summed E-state index contributed by atoms with van der Waals surface area (Å²) in [5.41, 5.74) is 1.09. The van der Waals surface area contributed by atoms with Crippen LogP contribution in [0.25, 0.3) is 0 Å². The quantitative estimate of drug-likeness (QED) is 0.868.